The van der Waals surface area contributed by atoms with E-state index in [1.54, 1.807) is 37.8 Å². The van der Waals surface area contributed by atoms with Gasteiger partial charge in [0, 0.05) is 21.9 Å². The number of anilines is 1. The van der Waals surface area contributed by atoms with Crippen LogP contribution >= 0.6 is 22.7 Å². The van der Waals surface area contributed by atoms with E-state index in [2.05, 4.69) is 15.3 Å². The summed E-state index contributed by atoms with van der Waals surface area (Å²) >= 11 is 2.69. The van der Waals surface area contributed by atoms with E-state index in [1.165, 1.54) is 28.7 Å². The van der Waals surface area contributed by atoms with E-state index in [0.717, 1.165) is 10.6 Å². The quantitative estimate of drug-likeness (QED) is 0.411. The first-order valence-electron chi connectivity index (χ1n) is 9.24. The highest BCUT2D eigenvalue weighted by molar-refractivity contribution is 7.14. The molecule has 2 aromatic carbocycles. The molecule has 0 unspecified atom stereocenters. The van der Waals surface area contributed by atoms with E-state index < -0.39 is 0 Å². The molecule has 158 valence electrons. The Labute approximate surface area is 186 Å². The predicted molar refractivity (Wildman–Crippen MR) is 120 cm³/mol. The van der Waals surface area contributed by atoms with Gasteiger partial charge in [-0.3, -0.25) is 4.79 Å². The Morgan fingerprint density at radius 1 is 1.03 bits per heavy atom. The summed E-state index contributed by atoms with van der Waals surface area (Å²) in [5, 5.41) is 7.51. The molecule has 0 saturated carbocycles. The molecular formula is C22H18FN3O3S2. The lowest BCUT2D eigenvalue weighted by atomic mass is 10.2. The molecule has 0 radical (unpaired) electrons. The minimum atomic E-state index is -0.351. The Hall–Kier alpha value is -3.30. The molecule has 2 aromatic heterocycles. The molecular weight excluding hydrogens is 437 g/mol. The number of methoxy groups -OCH3 is 2. The number of halogens is 1. The van der Waals surface area contributed by atoms with Crippen molar-refractivity contribution in [2.75, 3.05) is 19.5 Å². The second-order valence-electron chi connectivity index (χ2n) is 6.46. The fourth-order valence-corrected chi connectivity index (χ4v) is 4.49. The summed E-state index contributed by atoms with van der Waals surface area (Å²) in [5.41, 5.74) is 2.42. The van der Waals surface area contributed by atoms with Gasteiger partial charge in [-0.2, -0.15) is 0 Å². The molecule has 9 heteroatoms. The summed E-state index contributed by atoms with van der Waals surface area (Å²) in [6.45, 7) is 0. The fourth-order valence-electron chi connectivity index (χ4n) is 2.94. The molecule has 2 heterocycles. The van der Waals surface area contributed by atoms with Crippen LogP contribution in [0.4, 0.5) is 9.52 Å². The summed E-state index contributed by atoms with van der Waals surface area (Å²) in [4.78, 5) is 21.3. The van der Waals surface area contributed by atoms with Crippen molar-refractivity contribution in [3.63, 3.8) is 0 Å². The first kappa shape index (κ1) is 21.0. The second-order valence-corrected chi connectivity index (χ2v) is 8.17. The first-order chi connectivity index (χ1) is 15.1. The van der Waals surface area contributed by atoms with Crippen molar-refractivity contribution in [2.45, 2.75) is 6.42 Å². The van der Waals surface area contributed by atoms with Crippen LogP contribution < -0.4 is 14.8 Å². The number of hydrogen-bond donors (Lipinski definition) is 1. The zero-order valence-corrected chi connectivity index (χ0v) is 18.3. The Morgan fingerprint density at radius 3 is 2.61 bits per heavy atom. The number of nitrogens with one attached hydrogen (secondary N) is 1. The summed E-state index contributed by atoms with van der Waals surface area (Å²) in [6, 6.07) is 12.0. The van der Waals surface area contributed by atoms with E-state index in [-0.39, 0.29) is 18.1 Å². The zero-order valence-electron chi connectivity index (χ0n) is 16.7. The molecule has 0 spiro atoms. The van der Waals surface area contributed by atoms with Crippen LogP contribution in [0.25, 0.3) is 21.8 Å². The van der Waals surface area contributed by atoms with Gasteiger partial charge in [0.15, 0.2) is 16.6 Å². The van der Waals surface area contributed by atoms with Crippen LogP contribution in [0.5, 0.6) is 11.5 Å². The third-order valence-corrected chi connectivity index (χ3v) is 6.12. The SMILES string of the molecule is COc1ccc(-c2nc(CC(=O)Nc3nc(-c4ccccc4F)cs3)cs2)cc1OC. The normalized spacial score (nSPS) is 10.7. The van der Waals surface area contributed by atoms with Crippen molar-refractivity contribution in [3.05, 3.63) is 64.7 Å². The van der Waals surface area contributed by atoms with E-state index in [1.807, 2.05) is 23.6 Å². The van der Waals surface area contributed by atoms with Crippen LogP contribution in [0.3, 0.4) is 0 Å². The van der Waals surface area contributed by atoms with Crippen LogP contribution in [0.1, 0.15) is 5.69 Å². The molecule has 0 bridgehead atoms. The number of thiazole rings is 2. The highest BCUT2D eigenvalue weighted by atomic mass is 32.1. The lowest BCUT2D eigenvalue weighted by Gasteiger charge is -2.08. The molecule has 4 aromatic rings. The van der Waals surface area contributed by atoms with Gasteiger partial charge in [-0.1, -0.05) is 12.1 Å². The highest BCUT2D eigenvalue weighted by Crippen LogP contribution is 2.33. The Kier molecular flexibility index (Phi) is 6.24. The molecule has 4 rings (SSSR count). The average molecular weight is 456 g/mol. The molecule has 31 heavy (non-hydrogen) atoms. The molecule has 0 aliphatic heterocycles. The van der Waals surface area contributed by atoms with E-state index in [9.17, 15) is 9.18 Å². The maximum Gasteiger partial charge on any atom is 0.232 e. The number of nitrogens with zero attached hydrogens (tertiary/aromatic N) is 2. The van der Waals surface area contributed by atoms with Gasteiger partial charge in [0.25, 0.3) is 0 Å². The van der Waals surface area contributed by atoms with Gasteiger partial charge in [-0.05, 0) is 30.3 Å². The topological polar surface area (TPSA) is 73.3 Å². The van der Waals surface area contributed by atoms with Crippen molar-refractivity contribution in [3.8, 4) is 33.3 Å². The van der Waals surface area contributed by atoms with Crippen LogP contribution in [0, 0.1) is 5.82 Å². The van der Waals surface area contributed by atoms with Gasteiger partial charge in [0.1, 0.15) is 10.8 Å². The average Bonchev–Trinajstić information content (AvgIpc) is 3.43. The third-order valence-electron chi connectivity index (χ3n) is 4.42. The van der Waals surface area contributed by atoms with Gasteiger partial charge >= 0.3 is 0 Å². The van der Waals surface area contributed by atoms with Crippen molar-refractivity contribution in [1.29, 1.82) is 0 Å². The third kappa shape index (κ3) is 4.73. The molecule has 1 N–H and O–H groups in total. The molecule has 0 atom stereocenters. The maximum atomic E-state index is 13.9. The van der Waals surface area contributed by atoms with Gasteiger partial charge in [0.2, 0.25) is 5.91 Å². The number of hydrogen-bond acceptors (Lipinski definition) is 7. The Balaban J connectivity index is 1.43. The highest BCUT2D eigenvalue weighted by Gasteiger charge is 2.14. The Morgan fingerprint density at radius 2 is 1.84 bits per heavy atom. The van der Waals surface area contributed by atoms with Crippen molar-refractivity contribution in [1.82, 2.24) is 9.97 Å². The van der Waals surface area contributed by atoms with Gasteiger partial charge in [0.05, 0.1) is 32.0 Å². The molecule has 1 amide bonds. The van der Waals surface area contributed by atoms with Crippen LogP contribution in [-0.4, -0.2) is 30.1 Å². The van der Waals surface area contributed by atoms with Crippen LogP contribution in [0.15, 0.2) is 53.2 Å². The van der Waals surface area contributed by atoms with Crippen molar-refractivity contribution < 1.29 is 18.7 Å². The molecule has 0 saturated heterocycles. The van der Waals surface area contributed by atoms with Gasteiger partial charge in [-0.15, -0.1) is 22.7 Å². The predicted octanol–water partition coefficient (Wildman–Crippen LogP) is 5.27. The monoisotopic (exact) mass is 455 g/mol. The lowest BCUT2D eigenvalue weighted by Crippen LogP contribution is -2.14. The number of aromatic nitrogens is 2. The number of ether oxygens (including phenoxy) is 2. The van der Waals surface area contributed by atoms with Gasteiger partial charge < -0.3 is 14.8 Å². The summed E-state index contributed by atoms with van der Waals surface area (Å²) < 4.78 is 24.5. The van der Waals surface area contributed by atoms with Gasteiger partial charge in [-0.25, -0.2) is 14.4 Å². The largest absolute Gasteiger partial charge is 0.493 e. The number of carbonyl (C=O) groups is 1. The summed E-state index contributed by atoms with van der Waals surface area (Å²) in [6.07, 6.45) is 0.110. The number of benzene rings is 2. The smallest absolute Gasteiger partial charge is 0.232 e. The summed E-state index contributed by atoms with van der Waals surface area (Å²) in [7, 11) is 3.16. The summed E-state index contributed by atoms with van der Waals surface area (Å²) in [5.74, 6) is 0.666. The maximum absolute atomic E-state index is 13.9. The zero-order chi connectivity index (χ0) is 21.8. The van der Waals surface area contributed by atoms with Crippen LogP contribution in [-0.2, 0) is 11.2 Å². The minimum absolute atomic E-state index is 0.110. The molecule has 6 nitrogen and oxygen atoms in total. The standard InChI is InChI=1S/C22H18FN3O3S2/c1-28-18-8-7-13(9-19(18)29-2)21-24-14(11-30-21)10-20(27)26-22-25-17(12-31-22)15-5-3-4-6-16(15)23/h3-9,11-12H,10H2,1-2H3,(H,25,26,27). The molecule has 0 fully saturated rings. The molecule has 0 aliphatic carbocycles. The van der Waals surface area contributed by atoms with Crippen LogP contribution in [0.2, 0.25) is 0 Å². The van der Waals surface area contributed by atoms with E-state index in [4.69, 9.17) is 9.47 Å². The van der Waals surface area contributed by atoms with E-state index in [0.29, 0.717) is 33.6 Å². The van der Waals surface area contributed by atoms with E-state index >= 15 is 0 Å². The number of rotatable bonds is 7. The number of amides is 1. The van der Waals surface area contributed by atoms with Crippen molar-refractivity contribution in [2.24, 2.45) is 0 Å². The molecule has 0 aliphatic rings. The Bertz CT molecular complexity index is 1220. The number of carbonyl (C=O) groups excluding carboxylic acids is 1. The fraction of sp³-hybridized carbons (Fsp3) is 0.136. The van der Waals surface area contributed by atoms with Crippen molar-refractivity contribution >= 4 is 33.7 Å². The lowest BCUT2D eigenvalue weighted by molar-refractivity contribution is -0.115. The first-order valence-corrected chi connectivity index (χ1v) is 11.0. The minimum Gasteiger partial charge on any atom is -0.493 e. The second kappa shape index (κ2) is 9.23.